The molecule has 1 amide bonds. The molecule has 1 rings (SSSR count). The Morgan fingerprint density at radius 3 is 2.82 bits per heavy atom. The first-order valence-electron chi connectivity index (χ1n) is 5.45. The summed E-state index contributed by atoms with van der Waals surface area (Å²) in [6.07, 6.45) is 0.490. The van der Waals surface area contributed by atoms with Crippen LogP contribution in [0.1, 0.15) is 20.3 Å². The molecule has 0 atom stereocenters. The minimum Gasteiger partial charge on any atom is -0.399 e. The van der Waals surface area contributed by atoms with Gasteiger partial charge in [-0.1, -0.05) is 25.4 Å². The molecule has 0 spiro atoms. The van der Waals surface area contributed by atoms with Crippen molar-refractivity contribution in [2.24, 2.45) is 0 Å². The van der Waals surface area contributed by atoms with Gasteiger partial charge in [-0.25, -0.2) is 0 Å². The number of anilines is 2. The SMILES string of the molecule is CC(C)SCCC(=O)Nc1ccc(N)cc1Cl. The van der Waals surface area contributed by atoms with Crippen molar-refractivity contribution >= 4 is 40.6 Å². The first kappa shape index (κ1) is 14.2. The predicted molar refractivity (Wildman–Crippen MR) is 76.7 cm³/mol. The van der Waals surface area contributed by atoms with Crippen molar-refractivity contribution in [2.45, 2.75) is 25.5 Å². The van der Waals surface area contributed by atoms with Crippen molar-refractivity contribution in [2.75, 3.05) is 16.8 Å². The van der Waals surface area contributed by atoms with Crippen LogP contribution < -0.4 is 11.1 Å². The van der Waals surface area contributed by atoms with Crippen LogP contribution in [0.15, 0.2) is 18.2 Å². The number of carbonyl (C=O) groups is 1. The van der Waals surface area contributed by atoms with Crippen LogP contribution in [0.5, 0.6) is 0 Å². The highest BCUT2D eigenvalue weighted by atomic mass is 35.5. The van der Waals surface area contributed by atoms with Gasteiger partial charge in [0.1, 0.15) is 0 Å². The summed E-state index contributed by atoms with van der Waals surface area (Å²) < 4.78 is 0. The van der Waals surface area contributed by atoms with Gasteiger partial charge in [-0.3, -0.25) is 4.79 Å². The van der Waals surface area contributed by atoms with Crippen molar-refractivity contribution in [1.29, 1.82) is 0 Å². The molecule has 0 radical (unpaired) electrons. The molecule has 0 fully saturated rings. The zero-order valence-electron chi connectivity index (χ0n) is 10.00. The van der Waals surface area contributed by atoms with Gasteiger partial charge >= 0.3 is 0 Å². The number of nitrogens with two attached hydrogens (primary N) is 1. The number of hydrogen-bond donors (Lipinski definition) is 2. The molecule has 94 valence electrons. The average Bonchev–Trinajstić information content (AvgIpc) is 2.21. The largest absolute Gasteiger partial charge is 0.399 e. The quantitative estimate of drug-likeness (QED) is 0.808. The summed E-state index contributed by atoms with van der Waals surface area (Å²) in [6, 6.07) is 5.05. The van der Waals surface area contributed by atoms with Gasteiger partial charge in [0.05, 0.1) is 10.7 Å². The predicted octanol–water partition coefficient (Wildman–Crippen LogP) is 3.39. The molecule has 0 aliphatic heterocycles. The lowest BCUT2D eigenvalue weighted by molar-refractivity contribution is -0.115. The molecule has 3 N–H and O–H groups in total. The third-order valence-electron chi connectivity index (χ3n) is 2.05. The second-order valence-electron chi connectivity index (χ2n) is 3.96. The zero-order chi connectivity index (χ0) is 12.8. The van der Waals surface area contributed by atoms with E-state index in [1.807, 2.05) is 0 Å². The Kier molecular flexibility index (Phi) is 5.65. The highest BCUT2D eigenvalue weighted by molar-refractivity contribution is 7.99. The van der Waals surface area contributed by atoms with Crippen LogP contribution in [0, 0.1) is 0 Å². The first-order valence-corrected chi connectivity index (χ1v) is 6.88. The third kappa shape index (κ3) is 5.33. The van der Waals surface area contributed by atoms with Gasteiger partial charge < -0.3 is 11.1 Å². The summed E-state index contributed by atoms with van der Waals surface area (Å²) in [5.74, 6) is 0.792. The van der Waals surface area contributed by atoms with E-state index >= 15 is 0 Å². The highest BCUT2D eigenvalue weighted by Crippen LogP contribution is 2.24. The lowest BCUT2D eigenvalue weighted by Gasteiger charge is -2.08. The highest BCUT2D eigenvalue weighted by Gasteiger charge is 2.06. The molecule has 17 heavy (non-hydrogen) atoms. The fraction of sp³-hybridized carbons (Fsp3) is 0.417. The van der Waals surface area contributed by atoms with Crippen LogP contribution >= 0.6 is 23.4 Å². The van der Waals surface area contributed by atoms with Crippen molar-refractivity contribution in [3.63, 3.8) is 0 Å². The maximum atomic E-state index is 11.6. The van der Waals surface area contributed by atoms with Crippen molar-refractivity contribution < 1.29 is 4.79 Å². The fourth-order valence-electron chi connectivity index (χ4n) is 1.23. The van der Waals surface area contributed by atoms with E-state index in [4.69, 9.17) is 17.3 Å². The third-order valence-corrected chi connectivity index (χ3v) is 3.47. The Morgan fingerprint density at radius 1 is 1.53 bits per heavy atom. The maximum absolute atomic E-state index is 11.6. The minimum atomic E-state index is -0.0233. The van der Waals surface area contributed by atoms with Gasteiger partial charge in [0.15, 0.2) is 0 Å². The topological polar surface area (TPSA) is 55.1 Å². The van der Waals surface area contributed by atoms with Crippen LogP contribution in [0.4, 0.5) is 11.4 Å². The molecule has 5 heteroatoms. The Hall–Kier alpha value is -0.870. The van der Waals surface area contributed by atoms with E-state index < -0.39 is 0 Å². The van der Waals surface area contributed by atoms with Crippen molar-refractivity contribution in [3.05, 3.63) is 23.2 Å². The van der Waals surface area contributed by atoms with E-state index in [9.17, 15) is 4.79 Å². The second-order valence-corrected chi connectivity index (χ2v) is 6.05. The van der Waals surface area contributed by atoms with E-state index in [-0.39, 0.29) is 5.91 Å². The van der Waals surface area contributed by atoms with Gasteiger partial charge in [0.2, 0.25) is 5.91 Å². The van der Waals surface area contributed by atoms with Crippen molar-refractivity contribution in [3.8, 4) is 0 Å². The molecule has 0 aliphatic carbocycles. The van der Waals surface area contributed by atoms with Crippen LogP contribution in [-0.4, -0.2) is 16.9 Å². The van der Waals surface area contributed by atoms with E-state index in [0.717, 1.165) is 5.75 Å². The minimum absolute atomic E-state index is 0.0233. The summed E-state index contributed by atoms with van der Waals surface area (Å²) in [6.45, 7) is 4.22. The normalized spacial score (nSPS) is 10.6. The number of carbonyl (C=O) groups excluding carboxylic acids is 1. The van der Waals surface area contributed by atoms with E-state index in [1.165, 1.54) is 0 Å². The average molecular weight is 273 g/mol. The van der Waals surface area contributed by atoms with Crippen LogP contribution in [0.3, 0.4) is 0 Å². The van der Waals surface area contributed by atoms with Gasteiger partial charge in [0, 0.05) is 17.9 Å². The molecular weight excluding hydrogens is 256 g/mol. The summed E-state index contributed by atoms with van der Waals surface area (Å²) in [4.78, 5) is 11.6. The number of thioether (sulfide) groups is 1. The van der Waals surface area contributed by atoms with Gasteiger partial charge in [-0.15, -0.1) is 0 Å². The van der Waals surface area contributed by atoms with Crippen molar-refractivity contribution in [1.82, 2.24) is 0 Å². The number of benzene rings is 1. The Balaban J connectivity index is 2.45. The smallest absolute Gasteiger partial charge is 0.225 e. The fourth-order valence-corrected chi connectivity index (χ4v) is 2.24. The van der Waals surface area contributed by atoms with Gasteiger partial charge in [-0.2, -0.15) is 11.8 Å². The molecule has 1 aromatic carbocycles. The van der Waals surface area contributed by atoms with Crippen LogP contribution in [-0.2, 0) is 4.79 Å². The molecule has 0 unspecified atom stereocenters. The number of hydrogen-bond acceptors (Lipinski definition) is 3. The monoisotopic (exact) mass is 272 g/mol. The van der Waals surface area contributed by atoms with Crippen LogP contribution in [0.25, 0.3) is 0 Å². The summed E-state index contributed by atoms with van der Waals surface area (Å²) >= 11 is 7.72. The second kappa shape index (κ2) is 6.77. The van der Waals surface area contributed by atoms with Gasteiger partial charge in [0.25, 0.3) is 0 Å². The zero-order valence-corrected chi connectivity index (χ0v) is 11.6. The van der Waals surface area contributed by atoms with E-state index in [0.29, 0.717) is 28.1 Å². The number of amides is 1. The Bertz CT molecular complexity index is 396. The molecule has 0 aliphatic rings. The molecule has 0 aromatic heterocycles. The number of halogens is 1. The summed E-state index contributed by atoms with van der Waals surface area (Å²) in [5.41, 5.74) is 6.77. The Morgan fingerprint density at radius 2 is 2.24 bits per heavy atom. The molecule has 0 saturated heterocycles. The summed E-state index contributed by atoms with van der Waals surface area (Å²) in [7, 11) is 0. The van der Waals surface area contributed by atoms with E-state index in [1.54, 1.807) is 30.0 Å². The standard InChI is InChI=1S/C12H17ClN2OS/c1-8(2)17-6-5-12(16)15-11-4-3-9(14)7-10(11)13/h3-4,7-8H,5-6,14H2,1-2H3,(H,15,16). The molecule has 1 aromatic rings. The lowest BCUT2D eigenvalue weighted by Crippen LogP contribution is -2.13. The molecular formula is C12H17ClN2OS. The van der Waals surface area contributed by atoms with Gasteiger partial charge in [-0.05, 0) is 23.4 Å². The molecule has 0 saturated carbocycles. The van der Waals surface area contributed by atoms with Crippen LogP contribution in [0.2, 0.25) is 5.02 Å². The number of rotatable bonds is 5. The Labute approximate surface area is 111 Å². The molecule has 0 bridgehead atoms. The first-order chi connectivity index (χ1) is 7.99. The molecule has 3 nitrogen and oxygen atoms in total. The molecule has 0 heterocycles. The summed E-state index contributed by atoms with van der Waals surface area (Å²) in [5, 5.41) is 3.78. The maximum Gasteiger partial charge on any atom is 0.225 e. The number of nitrogens with one attached hydrogen (secondary N) is 1. The number of nitrogen functional groups attached to an aromatic ring is 1. The van der Waals surface area contributed by atoms with E-state index in [2.05, 4.69) is 19.2 Å². The lowest BCUT2D eigenvalue weighted by atomic mass is 10.3.